The molecular weight excluding hydrogens is 598 g/mol. The first-order valence-corrected chi connectivity index (χ1v) is 16.1. The van der Waals surface area contributed by atoms with E-state index in [9.17, 15) is 18.0 Å². The maximum absolute atomic E-state index is 14.0. The van der Waals surface area contributed by atoms with Gasteiger partial charge in [0.05, 0.1) is 12.0 Å². The Morgan fingerprint density at radius 1 is 0.864 bits per heavy atom. The van der Waals surface area contributed by atoms with Crippen molar-refractivity contribution in [2.24, 2.45) is 0 Å². The number of amides is 2. The minimum atomic E-state index is -3.58. The van der Waals surface area contributed by atoms with E-state index < -0.39 is 16.1 Å². The fraction of sp³-hybridized carbons (Fsp3) is 0.235. The molecule has 1 atom stereocenters. The number of para-hydroxylation sites is 1. The number of rotatable bonds is 14. The second-order valence-electron chi connectivity index (χ2n) is 10.1. The Kier molecular flexibility index (Phi) is 11.5. The first-order valence-electron chi connectivity index (χ1n) is 14.3. The van der Waals surface area contributed by atoms with Gasteiger partial charge in [-0.1, -0.05) is 91.3 Å². The molecule has 0 bridgehead atoms. The Labute approximate surface area is 264 Å². The average Bonchev–Trinajstić information content (AvgIpc) is 3.04. The molecule has 10 heteroatoms. The van der Waals surface area contributed by atoms with Gasteiger partial charge in [0.25, 0.3) is 0 Å². The van der Waals surface area contributed by atoms with E-state index in [1.807, 2.05) is 66.7 Å². The first kappa shape index (κ1) is 32.7. The number of methoxy groups -OCH3 is 1. The number of carbonyl (C=O) groups excluding carboxylic acids is 2. The molecule has 4 rings (SSSR count). The quantitative estimate of drug-likeness (QED) is 0.186. The lowest BCUT2D eigenvalue weighted by atomic mass is 10.0. The van der Waals surface area contributed by atoms with E-state index in [0.29, 0.717) is 22.8 Å². The predicted molar refractivity (Wildman–Crippen MR) is 172 cm³/mol. The number of aryl methyl sites for hydroxylation is 1. The SMILES string of the molecule is CCNS(=O)(=O)c1ccc(CCC(=O)N(Cc2ccc(Cl)cc2)[C@@H](C(=O)NCc2ccccc2OC)c2ccccc2)cc1. The van der Waals surface area contributed by atoms with Crippen LogP contribution in [-0.4, -0.2) is 38.8 Å². The number of hydrogen-bond acceptors (Lipinski definition) is 5. The number of halogens is 1. The molecule has 44 heavy (non-hydrogen) atoms. The zero-order chi connectivity index (χ0) is 31.5. The minimum Gasteiger partial charge on any atom is -0.496 e. The van der Waals surface area contributed by atoms with Gasteiger partial charge in [0.15, 0.2) is 0 Å². The molecule has 2 N–H and O–H groups in total. The highest BCUT2D eigenvalue weighted by molar-refractivity contribution is 7.89. The molecule has 0 heterocycles. The lowest BCUT2D eigenvalue weighted by Crippen LogP contribution is -2.43. The van der Waals surface area contributed by atoms with Crippen LogP contribution in [-0.2, 0) is 39.1 Å². The van der Waals surface area contributed by atoms with Crippen LogP contribution in [0.1, 0.15) is 41.6 Å². The molecule has 0 saturated carbocycles. The van der Waals surface area contributed by atoms with Crippen LogP contribution in [0, 0.1) is 0 Å². The van der Waals surface area contributed by atoms with Crippen molar-refractivity contribution in [2.45, 2.75) is 43.8 Å². The fourth-order valence-electron chi connectivity index (χ4n) is 4.85. The number of benzene rings is 4. The Bertz CT molecular complexity index is 1650. The van der Waals surface area contributed by atoms with E-state index in [1.165, 1.54) is 12.1 Å². The second-order valence-corrected chi connectivity index (χ2v) is 12.3. The highest BCUT2D eigenvalue weighted by Gasteiger charge is 2.31. The van der Waals surface area contributed by atoms with Crippen molar-refractivity contribution in [1.29, 1.82) is 0 Å². The van der Waals surface area contributed by atoms with Gasteiger partial charge in [0, 0.05) is 36.6 Å². The van der Waals surface area contributed by atoms with Gasteiger partial charge >= 0.3 is 0 Å². The third kappa shape index (κ3) is 8.69. The molecule has 0 aliphatic rings. The van der Waals surface area contributed by atoms with Gasteiger partial charge in [-0.15, -0.1) is 0 Å². The van der Waals surface area contributed by atoms with Crippen molar-refractivity contribution in [3.8, 4) is 5.75 Å². The number of hydrogen-bond donors (Lipinski definition) is 2. The Morgan fingerprint density at radius 2 is 1.50 bits per heavy atom. The Hall–Kier alpha value is -4.18. The van der Waals surface area contributed by atoms with E-state index in [0.717, 1.165) is 16.7 Å². The van der Waals surface area contributed by atoms with Gasteiger partial charge in [0.1, 0.15) is 11.8 Å². The van der Waals surface area contributed by atoms with Gasteiger partial charge in [-0.2, -0.15) is 0 Å². The molecule has 2 amide bonds. The van der Waals surface area contributed by atoms with Crippen LogP contribution in [0.5, 0.6) is 5.75 Å². The minimum absolute atomic E-state index is 0.107. The predicted octanol–water partition coefficient (Wildman–Crippen LogP) is 5.67. The molecular formula is C34H36ClN3O5S. The van der Waals surface area contributed by atoms with E-state index in [1.54, 1.807) is 43.2 Å². The van der Waals surface area contributed by atoms with Crippen molar-refractivity contribution in [2.75, 3.05) is 13.7 Å². The zero-order valence-corrected chi connectivity index (χ0v) is 26.3. The van der Waals surface area contributed by atoms with Crippen molar-refractivity contribution < 1.29 is 22.7 Å². The van der Waals surface area contributed by atoms with Crippen LogP contribution in [0.15, 0.2) is 108 Å². The molecule has 4 aromatic carbocycles. The molecule has 230 valence electrons. The summed E-state index contributed by atoms with van der Waals surface area (Å²) in [6.45, 7) is 2.40. The van der Waals surface area contributed by atoms with Crippen molar-refractivity contribution in [3.05, 3.63) is 130 Å². The third-order valence-electron chi connectivity index (χ3n) is 7.10. The summed E-state index contributed by atoms with van der Waals surface area (Å²) < 4.78 is 32.6. The fourth-order valence-corrected chi connectivity index (χ4v) is 6.02. The molecule has 4 aromatic rings. The summed E-state index contributed by atoms with van der Waals surface area (Å²) in [6, 6.07) is 29.4. The largest absolute Gasteiger partial charge is 0.496 e. The van der Waals surface area contributed by atoms with Gasteiger partial charge in [-0.3, -0.25) is 9.59 Å². The van der Waals surface area contributed by atoms with Gasteiger partial charge in [0.2, 0.25) is 21.8 Å². The lowest BCUT2D eigenvalue weighted by molar-refractivity contribution is -0.141. The highest BCUT2D eigenvalue weighted by atomic mass is 35.5. The molecule has 8 nitrogen and oxygen atoms in total. The molecule has 0 saturated heterocycles. The summed E-state index contributed by atoms with van der Waals surface area (Å²) in [5.74, 6) is 0.0930. The van der Waals surface area contributed by atoms with E-state index >= 15 is 0 Å². The normalized spacial score (nSPS) is 11.9. The zero-order valence-electron chi connectivity index (χ0n) is 24.7. The number of nitrogens with zero attached hydrogens (tertiary/aromatic N) is 1. The van der Waals surface area contributed by atoms with Crippen LogP contribution >= 0.6 is 11.6 Å². The van der Waals surface area contributed by atoms with Crippen LogP contribution < -0.4 is 14.8 Å². The number of carbonyl (C=O) groups is 2. The number of sulfonamides is 1. The van der Waals surface area contributed by atoms with Crippen LogP contribution in [0.2, 0.25) is 5.02 Å². The van der Waals surface area contributed by atoms with Gasteiger partial charge < -0.3 is 15.0 Å². The van der Waals surface area contributed by atoms with E-state index in [-0.39, 0.29) is 42.8 Å². The van der Waals surface area contributed by atoms with Gasteiger partial charge in [-0.05, 0) is 53.4 Å². The van der Waals surface area contributed by atoms with E-state index in [4.69, 9.17) is 16.3 Å². The monoisotopic (exact) mass is 633 g/mol. The molecule has 0 radical (unpaired) electrons. The number of nitrogens with one attached hydrogen (secondary N) is 2. The smallest absolute Gasteiger partial charge is 0.247 e. The Balaban J connectivity index is 1.61. The molecule has 0 aliphatic heterocycles. The lowest BCUT2D eigenvalue weighted by Gasteiger charge is -2.32. The van der Waals surface area contributed by atoms with E-state index in [2.05, 4.69) is 10.0 Å². The summed E-state index contributed by atoms with van der Waals surface area (Å²) in [4.78, 5) is 29.7. The van der Waals surface area contributed by atoms with Gasteiger partial charge in [-0.25, -0.2) is 13.1 Å². The van der Waals surface area contributed by atoms with Crippen molar-refractivity contribution in [1.82, 2.24) is 14.9 Å². The van der Waals surface area contributed by atoms with Crippen LogP contribution in [0.25, 0.3) is 0 Å². The van der Waals surface area contributed by atoms with Crippen molar-refractivity contribution >= 4 is 33.4 Å². The summed E-state index contributed by atoms with van der Waals surface area (Å²) in [7, 11) is -2.00. The topological polar surface area (TPSA) is 105 Å². The maximum atomic E-state index is 14.0. The molecule has 0 unspecified atom stereocenters. The Morgan fingerprint density at radius 3 is 2.16 bits per heavy atom. The summed E-state index contributed by atoms with van der Waals surface area (Å²) >= 11 is 6.12. The van der Waals surface area contributed by atoms with Crippen LogP contribution in [0.3, 0.4) is 0 Å². The molecule has 0 aromatic heterocycles. The summed E-state index contributed by atoms with van der Waals surface area (Å²) in [5, 5.41) is 3.58. The first-order chi connectivity index (χ1) is 21.2. The van der Waals surface area contributed by atoms with Crippen molar-refractivity contribution in [3.63, 3.8) is 0 Å². The number of ether oxygens (including phenoxy) is 1. The average molecular weight is 634 g/mol. The molecule has 0 spiro atoms. The highest BCUT2D eigenvalue weighted by Crippen LogP contribution is 2.26. The third-order valence-corrected chi connectivity index (χ3v) is 8.92. The van der Waals surface area contributed by atoms with Crippen LogP contribution in [0.4, 0.5) is 0 Å². The second kappa shape index (κ2) is 15.5. The molecule has 0 fully saturated rings. The summed E-state index contributed by atoms with van der Waals surface area (Å²) in [5.41, 5.74) is 3.10. The maximum Gasteiger partial charge on any atom is 0.247 e. The standard InChI is InChI=1S/C34H36ClN3O5S/c1-3-37-44(41,42)30-20-15-25(16-21-30)17-22-32(39)38(24-26-13-18-29(35)19-14-26)33(27-9-5-4-6-10-27)34(40)36-23-28-11-7-8-12-31(28)43-2/h4-16,18-21,33,37H,3,17,22-24H2,1-2H3,(H,36,40)/t33-/m1/s1. The molecule has 0 aliphatic carbocycles. The summed E-state index contributed by atoms with van der Waals surface area (Å²) in [6.07, 6.45) is 0.470.